The van der Waals surface area contributed by atoms with Crippen molar-refractivity contribution in [2.75, 3.05) is 27.2 Å². The first-order chi connectivity index (χ1) is 11.5. The van der Waals surface area contributed by atoms with Crippen LogP contribution in [0, 0.1) is 5.92 Å². The summed E-state index contributed by atoms with van der Waals surface area (Å²) in [4.78, 5) is 18.1. The van der Waals surface area contributed by atoms with Crippen molar-refractivity contribution in [3.05, 3.63) is 35.4 Å². The molecule has 1 rings (SSSR count). The number of benzene rings is 1. The maximum absolute atomic E-state index is 11.9. The lowest BCUT2D eigenvalue weighted by Crippen LogP contribution is -2.39. The molecular formula is C19H33IN4O. The zero-order valence-electron chi connectivity index (χ0n) is 16.1. The van der Waals surface area contributed by atoms with Crippen molar-refractivity contribution in [1.29, 1.82) is 0 Å². The van der Waals surface area contributed by atoms with Gasteiger partial charge < -0.3 is 15.5 Å². The van der Waals surface area contributed by atoms with Gasteiger partial charge in [-0.1, -0.05) is 38.8 Å². The molecule has 0 aliphatic carbocycles. The van der Waals surface area contributed by atoms with Crippen LogP contribution < -0.4 is 10.6 Å². The van der Waals surface area contributed by atoms with Gasteiger partial charge in [-0.2, -0.15) is 0 Å². The lowest BCUT2D eigenvalue weighted by molar-refractivity contribution is 0.0827. The number of guanidine groups is 1. The highest BCUT2D eigenvalue weighted by Gasteiger charge is 2.07. The van der Waals surface area contributed by atoms with Crippen LogP contribution in [0.2, 0.25) is 0 Å². The van der Waals surface area contributed by atoms with E-state index in [1.54, 1.807) is 19.0 Å². The lowest BCUT2D eigenvalue weighted by Gasteiger charge is -2.16. The highest BCUT2D eigenvalue weighted by Crippen LogP contribution is 2.08. The van der Waals surface area contributed by atoms with Gasteiger partial charge in [-0.15, -0.1) is 24.0 Å². The summed E-state index contributed by atoms with van der Waals surface area (Å²) in [6.07, 6.45) is 2.34. The lowest BCUT2D eigenvalue weighted by atomic mass is 10.0. The normalized spacial score (nSPS) is 11.0. The van der Waals surface area contributed by atoms with Crippen LogP contribution in [-0.2, 0) is 6.54 Å². The third kappa shape index (κ3) is 8.56. The van der Waals surface area contributed by atoms with Crippen molar-refractivity contribution in [3.8, 4) is 0 Å². The van der Waals surface area contributed by atoms with Gasteiger partial charge in [0.15, 0.2) is 5.96 Å². The molecule has 0 atom stereocenters. The van der Waals surface area contributed by atoms with Gasteiger partial charge in [0.05, 0.1) is 6.54 Å². The fourth-order valence-corrected chi connectivity index (χ4v) is 2.34. The van der Waals surface area contributed by atoms with E-state index in [1.807, 2.05) is 24.3 Å². The van der Waals surface area contributed by atoms with E-state index in [4.69, 9.17) is 0 Å². The summed E-state index contributed by atoms with van der Waals surface area (Å²) < 4.78 is 0. The van der Waals surface area contributed by atoms with Gasteiger partial charge in [0.25, 0.3) is 5.91 Å². The van der Waals surface area contributed by atoms with Crippen molar-refractivity contribution in [2.45, 2.75) is 40.2 Å². The Balaban J connectivity index is 0.00000576. The van der Waals surface area contributed by atoms with Gasteiger partial charge in [-0.25, -0.2) is 4.99 Å². The summed E-state index contributed by atoms with van der Waals surface area (Å²) in [6.45, 7) is 8.87. The van der Waals surface area contributed by atoms with Crippen LogP contribution >= 0.6 is 24.0 Å². The largest absolute Gasteiger partial charge is 0.357 e. The minimum absolute atomic E-state index is 0. The molecule has 142 valence electrons. The zero-order valence-corrected chi connectivity index (χ0v) is 18.5. The van der Waals surface area contributed by atoms with Gasteiger partial charge in [0.2, 0.25) is 0 Å². The molecule has 6 heteroatoms. The number of nitrogens with one attached hydrogen (secondary N) is 2. The summed E-state index contributed by atoms with van der Waals surface area (Å²) in [5.74, 6) is 1.54. The highest BCUT2D eigenvalue weighted by molar-refractivity contribution is 14.0. The van der Waals surface area contributed by atoms with E-state index < -0.39 is 0 Å². The number of rotatable bonds is 8. The quantitative estimate of drug-likeness (QED) is 0.355. The Labute approximate surface area is 169 Å². The molecule has 0 aliphatic heterocycles. The van der Waals surface area contributed by atoms with Crippen LogP contribution in [0.3, 0.4) is 0 Å². The second-order valence-corrected chi connectivity index (χ2v) is 6.16. The number of hydrogen-bond donors (Lipinski definition) is 2. The number of carbonyl (C=O) groups is 1. The van der Waals surface area contributed by atoms with Crippen LogP contribution in [0.4, 0.5) is 0 Å². The number of hydrogen-bond acceptors (Lipinski definition) is 2. The summed E-state index contributed by atoms with van der Waals surface area (Å²) >= 11 is 0. The molecule has 0 aromatic heterocycles. The van der Waals surface area contributed by atoms with E-state index >= 15 is 0 Å². The molecule has 0 radical (unpaired) electrons. The smallest absolute Gasteiger partial charge is 0.253 e. The SMILES string of the molecule is CCNC(=NCc1ccc(C(=O)N(C)C)cc1)NCC(CC)CC.I. The number of amides is 1. The summed E-state index contributed by atoms with van der Waals surface area (Å²) in [5, 5.41) is 6.69. The summed E-state index contributed by atoms with van der Waals surface area (Å²) in [5.41, 5.74) is 1.79. The summed E-state index contributed by atoms with van der Waals surface area (Å²) in [7, 11) is 3.52. The van der Waals surface area contributed by atoms with Gasteiger partial charge in [0.1, 0.15) is 0 Å². The summed E-state index contributed by atoms with van der Waals surface area (Å²) in [6, 6.07) is 7.64. The highest BCUT2D eigenvalue weighted by atomic mass is 127. The molecule has 0 aliphatic rings. The molecule has 0 bridgehead atoms. The Hall–Kier alpha value is -1.31. The minimum Gasteiger partial charge on any atom is -0.357 e. The number of nitrogens with zero attached hydrogens (tertiary/aromatic N) is 2. The van der Waals surface area contributed by atoms with Crippen molar-refractivity contribution in [2.24, 2.45) is 10.9 Å². The average molecular weight is 460 g/mol. The Morgan fingerprint density at radius 3 is 2.16 bits per heavy atom. The third-order valence-electron chi connectivity index (χ3n) is 4.08. The van der Waals surface area contributed by atoms with E-state index in [0.717, 1.165) is 24.6 Å². The maximum Gasteiger partial charge on any atom is 0.253 e. The fraction of sp³-hybridized carbons (Fsp3) is 0.579. The molecule has 0 fully saturated rings. The molecule has 0 saturated carbocycles. The topological polar surface area (TPSA) is 56.7 Å². The Kier molecular flexibility index (Phi) is 12.3. The molecule has 1 amide bonds. The van der Waals surface area contributed by atoms with Crippen LogP contribution in [-0.4, -0.2) is 44.0 Å². The Bertz CT molecular complexity index is 525. The Morgan fingerprint density at radius 1 is 1.08 bits per heavy atom. The standard InChI is InChI=1S/C19H32N4O.HI/c1-6-15(7-2)13-21-19(20-8-3)22-14-16-9-11-17(12-10-16)18(24)23(4)5;/h9-12,15H,6-8,13-14H2,1-5H3,(H2,20,21,22);1H. The first-order valence-electron chi connectivity index (χ1n) is 8.84. The van der Waals surface area contributed by atoms with E-state index in [1.165, 1.54) is 12.8 Å². The second-order valence-electron chi connectivity index (χ2n) is 6.16. The number of halogens is 1. The molecule has 0 spiro atoms. The second kappa shape index (κ2) is 13.0. The molecule has 0 unspecified atom stereocenters. The van der Waals surface area contributed by atoms with Gasteiger partial charge in [-0.05, 0) is 30.5 Å². The average Bonchev–Trinajstić information content (AvgIpc) is 2.60. The van der Waals surface area contributed by atoms with Gasteiger partial charge in [-0.3, -0.25) is 4.79 Å². The minimum atomic E-state index is 0. The van der Waals surface area contributed by atoms with Crippen molar-refractivity contribution >= 4 is 35.8 Å². The molecule has 1 aromatic carbocycles. The molecule has 25 heavy (non-hydrogen) atoms. The predicted octanol–water partition coefficient (Wildman–Crippen LogP) is 3.50. The first kappa shape index (κ1) is 23.7. The fourth-order valence-electron chi connectivity index (χ4n) is 2.34. The molecular weight excluding hydrogens is 427 g/mol. The van der Waals surface area contributed by atoms with Crippen molar-refractivity contribution in [3.63, 3.8) is 0 Å². The molecule has 1 aromatic rings. The van der Waals surface area contributed by atoms with Crippen molar-refractivity contribution < 1.29 is 4.79 Å². The maximum atomic E-state index is 11.9. The Morgan fingerprint density at radius 2 is 1.68 bits per heavy atom. The van der Waals surface area contributed by atoms with E-state index in [-0.39, 0.29) is 29.9 Å². The third-order valence-corrected chi connectivity index (χ3v) is 4.08. The van der Waals surface area contributed by atoms with Gasteiger partial charge >= 0.3 is 0 Å². The molecule has 5 nitrogen and oxygen atoms in total. The zero-order chi connectivity index (χ0) is 17.9. The molecule has 0 saturated heterocycles. The van der Waals surface area contributed by atoms with Crippen LogP contribution in [0.25, 0.3) is 0 Å². The van der Waals surface area contributed by atoms with Crippen LogP contribution in [0.1, 0.15) is 49.5 Å². The molecule has 2 N–H and O–H groups in total. The van der Waals surface area contributed by atoms with Gasteiger partial charge in [0, 0.05) is 32.7 Å². The monoisotopic (exact) mass is 460 g/mol. The number of aliphatic imine (C=N–C) groups is 1. The first-order valence-corrected chi connectivity index (χ1v) is 8.84. The van der Waals surface area contributed by atoms with E-state index in [9.17, 15) is 4.79 Å². The molecule has 0 heterocycles. The van der Waals surface area contributed by atoms with Crippen LogP contribution in [0.15, 0.2) is 29.3 Å². The van der Waals surface area contributed by atoms with Crippen molar-refractivity contribution in [1.82, 2.24) is 15.5 Å². The predicted molar refractivity (Wildman–Crippen MR) is 117 cm³/mol. The van der Waals surface area contributed by atoms with E-state index in [2.05, 4.69) is 36.4 Å². The van der Waals surface area contributed by atoms with Crippen LogP contribution in [0.5, 0.6) is 0 Å². The van der Waals surface area contributed by atoms with E-state index in [0.29, 0.717) is 18.0 Å². The number of carbonyl (C=O) groups excluding carboxylic acids is 1.